The maximum Gasteiger partial charge on any atom is 0.256 e. The van der Waals surface area contributed by atoms with Crippen LogP contribution in [0.25, 0.3) is 10.9 Å². The summed E-state index contributed by atoms with van der Waals surface area (Å²) < 4.78 is 34.0. The number of carbonyl (C=O) groups is 2. The van der Waals surface area contributed by atoms with Gasteiger partial charge < -0.3 is 34.7 Å². The average molecular weight is 700 g/mol. The minimum Gasteiger partial charge on any atom is -0.497 e. The third-order valence-electron chi connectivity index (χ3n) is 12.0. The highest BCUT2D eigenvalue weighted by atomic mass is 19.1. The SMILES string of the molecule is COc1ccc2[nH]cc(CCNC(=O)C3=CN4C5CC(c6ccccc6)CCC5OC5C(NCCCN6CCOCC6)C(F)CC(C3=O)C54)c2c1. The zero-order valence-electron chi connectivity index (χ0n) is 29.4. The minimum absolute atomic E-state index is 0.0112. The largest absolute Gasteiger partial charge is 0.497 e. The molecule has 2 saturated carbocycles. The van der Waals surface area contributed by atoms with E-state index in [-0.39, 0.29) is 36.0 Å². The second-order valence-corrected chi connectivity index (χ2v) is 14.8. The highest BCUT2D eigenvalue weighted by molar-refractivity contribution is 6.20. The summed E-state index contributed by atoms with van der Waals surface area (Å²) in [6, 6.07) is 15.6. The third kappa shape index (κ3) is 6.93. The summed E-state index contributed by atoms with van der Waals surface area (Å²) >= 11 is 0. The van der Waals surface area contributed by atoms with Crippen LogP contribution in [-0.2, 0) is 25.5 Å². The van der Waals surface area contributed by atoms with E-state index in [4.69, 9.17) is 14.2 Å². The van der Waals surface area contributed by atoms with E-state index >= 15 is 4.39 Å². The molecular weight excluding hydrogens is 649 g/mol. The normalized spacial score (nSPS) is 30.7. The number of nitrogens with one attached hydrogen (secondary N) is 3. The van der Waals surface area contributed by atoms with Crippen molar-refractivity contribution < 1.29 is 28.2 Å². The molecule has 5 aliphatic rings. The molecule has 0 spiro atoms. The van der Waals surface area contributed by atoms with E-state index in [9.17, 15) is 9.59 Å². The standard InChI is InChI=1S/C40H50FN5O5/c1-49-28-9-10-33-29(21-28)27(23-44-33)12-14-43-40(48)31-24-46-34-20-26(25-6-3-2-4-7-25)8-11-35(34)51-39-36(32(41)22-30(37(39)46)38(31)47)42-13-5-15-45-16-18-50-19-17-45/h2-4,6-7,9-10,21,23-24,26,30,32,34-37,39,42,44H,5,8,11-20,22H2,1H3,(H,43,48). The molecule has 0 bridgehead atoms. The molecule has 0 radical (unpaired) electrons. The van der Waals surface area contributed by atoms with Gasteiger partial charge in [-0.05, 0) is 86.9 Å². The lowest BCUT2D eigenvalue weighted by Gasteiger charge is -2.59. The van der Waals surface area contributed by atoms with E-state index in [1.54, 1.807) is 7.11 Å². The number of hydrogen-bond acceptors (Lipinski definition) is 8. The van der Waals surface area contributed by atoms with Crippen molar-refractivity contribution in [1.82, 2.24) is 25.4 Å². The fraction of sp³-hybridized carbons (Fsp3) is 0.550. The first-order valence-electron chi connectivity index (χ1n) is 18.8. The van der Waals surface area contributed by atoms with Crippen LogP contribution >= 0.6 is 0 Å². The summed E-state index contributed by atoms with van der Waals surface area (Å²) in [5.74, 6) is -0.216. The van der Waals surface area contributed by atoms with Crippen molar-refractivity contribution in [3.05, 3.63) is 77.6 Å². The molecule has 1 amide bonds. The van der Waals surface area contributed by atoms with Gasteiger partial charge in [-0.3, -0.25) is 14.5 Å². The zero-order chi connectivity index (χ0) is 34.9. The van der Waals surface area contributed by atoms with Crippen molar-refractivity contribution in [3.63, 3.8) is 0 Å². The lowest BCUT2D eigenvalue weighted by Crippen LogP contribution is -2.73. The number of aromatic amines is 1. The number of H-pyrrole nitrogens is 1. The van der Waals surface area contributed by atoms with Gasteiger partial charge >= 0.3 is 0 Å². The Bertz CT molecular complexity index is 1730. The number of morpholine rings is 2. The summed E-state index contributed by atoms with van der Waals surface area (Å²) in [5.41, 5.74) is 3.47. The third-order valence-corrected chi connectivity index (χ3v) is 12.0. The molecule has 11 heteroatoms. The van der Waals surface area contributed by atoms with E-state index in [1.807, 2.05) is 36.7 Å². The van der Waals surface area contributed by atoms with Gasteiger partial charge in [-0.15, -0.1) is 0 Å². The first-order chi connectivity index (χ1) is 25.0. The van der Waals surface area contributed by atoms with Gasteiger partial charge in [-0.2, -0.15) is 0 Å². The van der Waals surface area contributed by atoms with Crippen LogP contribution < -0.4 is 15.4 Å². The maximum atomic E-state index is 16.3. The molecule has 2 saturated heterocycles. The zero-order valence-corrected chi connectivity index (χ0v) is 29.4. The molecule has 2 aliphatic carbocycles. The van der Waals surface area contributed by atoms with Crippen LogP contribution in [-0.4, -0.2) is 116 Å². The predicted octanol–water partition coefficient (Wildman–Crippen LogP) is 4.11. The number of methoxy groups -OCH3 is 1. The van der Waals surface area contributed by atoms with Gasteiger partial charge in [0.1, 0.15) is 11.9 Å². The molecule has 8 rings (SSSR count). The topological polar surface area (TPSA) is 108 Å². The molecule has 3 N–H and O–H groups in total. The Morgan fingerprint density at radius 1 is 1.08 bits per heavy atom. The first-order valence-corrected chi connectivity index (χ1v) is 18.8. The second kappa shape index (κ2) is 15.1. The summed E-state index contributed by atoms with van der Waals surface area (Å²) in [5, 5.41) is 7.59. The molecule has 2 aromatic carbocycles. The molecule has 4 fully saturated rings. The summed E-state index contributed by atoms with van der Waals surface area (Å²) in [7, 11) is 1.64. The minimum atomic E-state index is -1.26. The monoisotopic (exact) mass is 699 g/mol. The molecular formula is C40H50FN5O5. The van der Waals surface area contributed by atoms with Crippen LogP contribution in [0.3, 0.4) is 0 Å². The van der Waals surface area contributed by atoms with Gasteiger partial charge in [-0.25, -0.2) is 4.39 Å². The molecule has 51 heavy (non-hydrogen) atoms. The maximum absolute atomic E-state index is 16.3. The number of benzene rings is 2. The van der Waals surface area contributed by atoms with Crippen LogP contribution in [0.1, 0.15) is 49.1 Å². The summed E-state index contributed by atoms with van der Waals surface area (Å²) in [4.78, 5) is 35.9. The number of Topliss-reactive ketones (excluding diaryl/α,β-unsaturated/α-hetero) is 1. The van der Waals surface area contributed by atoms with Crippen molar-refractivity contribution in [2.45, 2.75) is 80.9 Å². The highest BCUT2D eigenvalue weighted by Gasteiger charge is 2.58. The van der Waals surface area contributed by atoms with Crippen LogP contribution in [0.5, 0.6) is 5.75 Å². The number of aromatic nitrogens is 1. The van der Waals surface area contributed by atoms with E-state index in [2.05, 4.69) is 49.7 Å². The van der Waals surface area contributed by atoms with Crippen LogP contribution in [0.4, 0.5) is 4.39 Å². The number of carbonyl (C=O) groups excluding carboxylic acids is 2. The summed E-state index contributed by atoms with van der Waals surface area (Å²) in [6.45, 7) is 5.33. The highest BCUT2D eigenvalue weighted by Crippen LogP contribution is 2.48. The van der Waals surface area contributed by atoms with E-state index in [1.165, 1.54) is 5.56 Å². The number of hydrogen-bond donors (Lipinski definition) is 3. The van der Waals surface area contributed by atoms with Crippen LogP contribution in [0, 0.1) is 5.92 Å². The van der Waals surface area contributed by atoms with Gasteiger partial charge in [-0.1, -0.05) is 30.3 Å². The molecule has 10 nitrogen and oxygen atoms in total. The molecule has 8 atom stereocenters. The number of fused-ring (bicyclic) bond motifs is 3. The Labute approximate surface area is 299 Å². The Kier molecular flexibility index (Phi) is 10.1. The summed E-state index contributed by atoms with van der Waals surface area (Å²) in [6.07, 6.45) is 6.13. The molecule has 8 unspecified atom stereocenters. The van der Waals surface area contributed by atoms with Crippen molar-refractivity contribution in [1.29, 1.82) is 0 Å². The van der Waals surface area contributed by atoms with Crippen LogP contribution in [0.15, 0.2) is 66.5 Å². The van der Waals surface area contributed by atoms with E-state index in [0.717, 1.165) is 80.7 Å². The molecule has 4 heterocycles. The van der Waals surface area contributed by atoms with E-state index < -0.39 is 30.1 Å². The Balaban J connectivity index is 1.01. The number of nitrogens with zero attached hydrogens (tertiary/aromatic N) is 2. The predicted molar refractivity (Wildman–Crippen MR) is 192 cm³/mol. The van der Waals surface area contributed by atoms with Crippen molar-refractivity contribution >= 4 is 22.6 Å². The Morgan fingerprint density at radius 2 is 1.92 bits per heavy atom. The molecule has 1 aromatic heterocycles. The van der Waals surface area contributed by atoms with Gasteiger partial charge in [0.05, 0.1) is 56.2 Å². The Morgan fingerprint density at radius 3 is 2.75 bits per heavy atom. The van der Waals surface area contributed by atoms with Crippen LogP contribution in [0.2, 0.25) is 0 Å². The van der Waals surface area contributed by atoms with Gasteiger partial charge in [0.15, 0.2) is 5.78 Å². The molecule has 272 valence electrons. The first kappa shape index (κ1) is 34.3. The number of amides is 1. The van der Waals surface area contributed by atoms with Crippen molar-refractivity contribution in [2.75, 3.05) is 53.0 Å². The fourth-order valence-corrected chi connectivity index (χ4v) is 9.33. The quantitative estimate of drug-likeness (QED) is 0.203. The van der Waals surface area contributed by atoms with Gasteiger partial charge in [0.25, 0.3) is 5.91 Å². The number of ketones is 1. The lowest BCUT2D eigenvalue weighted by atomic mass is 9.68. The lowest BCUT2D eigenvalue weighted by molar-refractivity contribution is -0.198. The smallest absolute Gasteiger partial charge is 0.256 e. The van der Waals surface area contributed by atoms with Gasteiger partial charge in [0, 0.05) is 48.9 Å². The van der Waals surface area contributed by atoms with Gasteiger partial charge in [0.2, 0.25) is 0 Å². The molecule has 3 aliphatic heterocycles. The Hall–Kier alpha value is -3.77. The average Bonchev–Trinajstić information content (AvgIpc) is 3.57. The fourth-order valence-electron chi connectivity index (χ4n) is 9.33. The number of ether oxygens (including phenoxy) is 3. The van der Waals surface area contributed by atoms with E-state index in [0.29, 0.717) is 25.4 Å². The number of halogens is 1. The van der Waals surface area contributed by atoms with Crippen molar-refractivity contribution in [2.24, 2.45) is 5.92 Å². The van der Waals surface area contributed by atoms with Crippen molar-refractivity contribution in [3.8, 4) is 5.75 Å². The number of rotatable bonds is 11. The molecule has 3 aromatic rings. The number of alkyl halides is 1. The second-order valence-electron chi connectivity index (χ2n) is 14.8.